The van der Waals surface area contributed by atoms with Gasteiger partial charge in [0.1, 0.15) is 0 Å². The summed E-state index contributed by atoms with van der Waals surface area (Å²) < 4.78 is 5.47. The first-order chi connectivity index (χ1) is 6.81. The zero-order chi connectivity index (χ0) is 10.4. The molecule has 0 spiro atoms. The van der Waals surface area contributed by atoms with Crippen LogP contribution < -0.4 is 11.3 Å². The van der Waals surface area contributed by atoms with Gasteiger partial charge in [0, 0.05) is 13.2 Å². The third-order valence-electron chi connectivity index (χ3n) is 3.35. The van der Waals surface area contributed by atoms with E-state index < -0.39 is 0 Å². The molecule has 0 bridgehead atoms. The largest absolute Gasteiger partial charge is 0.380 e. The molecule has 1 rings (SSSR count). The minimum absolute atomic E-state index is 0.283. The molecule has 3 N–H and O–H groups in total. The van der Waals surface area contributed by atoms with Gasteiger partial charge in [-0.2, -0.15) is 0 Å². The number of rotatable bonds is 7. The van der Waals surface area contributed by atoms with Crippen LogP contribution in [0.25, 0.3) is 0 Å². The average Bonchev–Trinajstić information content (AvgIpc) is 2.14. The van der Waals surface area contributed by atoms with E-state index in [1.54, 1.807) is 7.11 Å². The summed E-state index contributed by atoms with van der Waals surface area (Å²) >= 11 is 0. The lowest BCUT2D eigenvalue weighted by Gasteiger charge is -2.32. The maximum atomic E-state index is 5.58. The summed E-state index contributed by atoms with van der Waals surface area (Å²) in [4.78, 5) is 0. The smallest absolute Gasteiger partial charge is 0.0737 e. The first-order valence-electron chi connectivity index (χ1n) is 5.80. The first kappa shape index (κ1) is 12.0. The van der Waals surface area contributed by atoms with E-state index in [-0.39, 0.29) is 6.10 Å². The highest BCUT2D eigenvalue weighted by atomic mass is 16.5. The first-order valence-corrected chi connectivity index (χ1v) is 5.80. The third-order valence-corrected chi connectivity index (χ3v) is 3.35. The second kappa shape index (κ2) is 6.38. The Kier molecular flexibility index (Phi) is 5.45. The van der Waals surface area contributed by atoms with E-state index in [1.807, 2.05) is 0 Å². The molecule has 0 aliphatic heterocycles. The number of hydrogen-bond acceptors (Lipinski definition) is 3. The SMILES string of the molecule is CCCC(OC)C(CC1CCC1)NN. The van der Waals surface area contributed by atoms with Crippen molar-refractivity contribution in [2.45, 2.75) is 57.6 Å². The van der Waals surface area contributed by atoms with Crippen LogP contribution >= 0.6 is 0 Å². The Labute approximate surface area is 87.4 Å². The van der Waals surface area contributed by atoms with E-state index in [9.17, 15) is 0 Å². The maximum Gasteiger partial charge on any atom is 0.0737 e. The van der Waals surface area contributed by atoms with Crippen LogP contribution in [-0.2, 0) is 4.74 Å². The summed E-state index contributed by atoms with van der Waals surface area (Å²) in [6.07, 6.45) is 7.86. The van der Waals surface area contributed by atoms with Crippen molar-refractivity contribution in [3.05, 3.63) is 0 Å². The number of nitrogens with one attached hydrogen (secondary N) is 1. The fraction of sp³-hybridized carbons (Fsp3) is 1.00. The van der Waals surface area contributed by atoms with Crippen molar-refractivity contribution in [1.82, 2.24) is 5.43 Å². The van der Waals surface area contributed by atoms with Gasteiger partial charge in [-0.1, -0.05) is 32.6 Å². The normalized spacial score (nSPS) is 21.6. The van der Waals surface area contributed by atoms with Crippen molar-refractivity contribution in [3.8, 4) is 0 Å². The maximum absolute atomic E-state index is 5.58. The minimum atomic E-state index is 0.283. The Morgan fingerprint density at radius 3 is 2.57 bits per heavy atom. The molecule has 0 heterocycles. The van der Waals surface area contributed by atoms with Crippen molar-refractivity contribution in [2.75, 3.05) is 7.11 Å². The summed E-state index contributed by atoms with van der Waals surface area (Å²) in [5.74, 6) is 6.46. The van der Waals surface area contributed by atoms with Crippen LogP contribution in [0.3, 0.4) is 0 Å². The second-order valence-corrected chi connectivity index (χ2v) is 4.37. The van der Waals surface area contributed by atoms with Crippen molar-refractivity contribution in [1.29, 1.82) is 0 Å². The van der Waals surface area contributed by atoms with Gasteiger partial charge in [0.05, 0.1) is 6.10 Å². The number of hydrogen-bond donors (Lipinski definition) is 2. The van der Waals surface area contributed by atoms with Gasteiger partial charge < -0.3 is 4.74 Å². The lowest BCUT2D eigenvalue weighted by Crippen LogP contribution is -2.46. The number of nitrogens with two attached hydrogens (primary N) is 1. The van der Waals surface area contributed by atoms with Crippen molar-refractivity contribution >= 4 is 0 Å². The predicted octanol–water partition coefficient (Wildman–Crippen LogP) is 1.82. The molecule has 3 heteroatoms. The number of methoxy groups -OCH3 is 1. The van der Waals surface area contributed by atoms with Crippen molar-refractivity contribution in [2.24, 2.45) is 11.8 Å². The molecule has 0 saturated heterocycles. The number of ether oxygens (including phenoxy) is 1. The van der Waals surface area contributed by atoms with Crippen LogP contribution in [0, 0.1) is 5.92 Å². The highest BCUT2D eigenvalue weighted by Crippen LogP contribution is 2.31. The molecule has 0 amide bonds. The molecule has 2 unspecified atom stereocenters. The molecule has 2 atom stereocenters. The molecule has 84 valence electrons. The van der Waals surface area contributed by atoms with Crippen molar-refractivity contribution < 1.29 is 4.74 Å². The molecule has 14 heavy (non-hydrogen) atoms. The van der Waals surface area contributed by atoms with Crippen LogP contribution in [0.2, 0.25) is 0 Å². The molecule has 1 aliphatic rings. The molecule has 0 aromatic rings. The Morgan fingerprint density at radius 1 is 1.50 bits per heavy atom. The Bertz CT molecular complexity index is 148. The van der Waals surface area contributed by atoms with E-state index in [0.29, 0.717) is 6.04 Å². The molecule has 1 fully saturated rings. The van der Waals surface area contributed by atoms with Crippen LogP contribution in [0.1, 0.15) is 45.4 Å². The fourth-order valence-electron chi connectivity index (χ4n) is 2.18. The predicted molar refractivity (Wildman–Crippen MR) is 58.8 cm³/mol. The lowest BCUT2D eigenvalue weighted by atomic mass is 9.79. The van der Waals surface area contributed by atoms with E-state index in [0.717, 1.165) is 18.8 Å². The summed E-state index contributed by atoms with van der Waals surface area (Å²) in [6.45, 7) is 2.18. The van der Waals surface area contributed by atoms with Gasteiger partial charge in [-0.15, -0.1) is 0 Å². The van der Waals surface area contributed by atoms with Gasteiger partial charge in [-0.3, -0.25) is 11.3 Å². The quantitative estimate of drug-likeness (QED) is 0.487. The second-order valence-electron chi connectivity index (χ2n) is 4.37. The van der Waals surface area contributed by atoms with Crippen LogP contribution in [0.4, 0.5) is 0 Å². The molecule has 3 nitrogen and oxygen atoms in total. The molecule has 1 aliphatic carbocycles. The van der Waals surface area contributed by atoms with Crippen LogP contribution in [-0.4, -0.2) is 19.3 Å². The summed E-state index contributed by atoms with van der Waals surface area (Å²) in [5, 5.41) is 0. The monoisotopic (exact) mass is 200 g/mol. The lowest BCUT2D eigenvalue weighted by molar-refractivity contribution is 0.0471. The molecular weight excluding hydrogens is 176 g/mol. The highest BCUT2D eigenvalue weighted by Gasteiger charge is 2.26. The Morgan fingerprint density at radius 2 is 2.21 bits per heavy atom. The molecule has 0 aromatic heterocycles. The Hall–Kier alpha value is -0.120. The zero-order valence-electron chi connectivity index (χ0n) is 9.46. The molecule has 0 aromatic carbocycles. The van der Waals surface area contributed by atoms with Crippen LogP contribution in [0.5, 0.6) is 0 Å². The van der Waals surface area contributed by atoms with E-state index in [2.05, 4.69) is 12.3 Å². The number of hydrazine groups is 1. The average molecular weight is 200 g/mol. The molecular formula is C11H24N2O. The van der Waals surface area contributed by atoms with Crippen LogP contribution in [0.15, 0.2) is 0 Å². The Balaban J connectivity index is 2.32. The van der Waals surface area contributed by atoms with E-state index in [4.69, 9.17) is 10.6 Å². The van der Waals surface area contributed by atoms with Gasteiger partial charge in [0.2, 0.25) is 0 Å². The third kappa shape index (κ3) is 3.23. The summed E-state index contributed by atoms with van der Waals surface area (Å²) in [5.41, 5.74) is 2.91. The van der Waals surface area contributed by atoms with Gasteiger partial charge >= 0.3 is 0 Å². The highest BCUT2D eigenvalue weighted by molar-refractivity contribution is 4.81. The van der Waals surface area contributed by atoms with Crippen molar-refractivity contribution in [3.63, 3.8) is 0 Å². The molecule has 0 radical (unpaired) electrons. The topological polar surface area (TPSA) is 47.3 Å². The van der Waals surface area contributed by atoms with E-state index >= 15 is 0 Å². The molecule has 1 saturated carbocycles. The van der Waals surface area contributed by atoms with Gasteiger partial charge in [0.25, 0.3) is 0 Å². The summed E-state index contributed by atoms with van der Waals surface area (Å²) in [7, 11) is 1.78. The standard InChI is InChI=1S/C11H24N2O/c1-3-5-11(14-2)10(13-12)8-9-6-4-7-9/h9-11,13H,3-8,12H2,1-2H3. The zero-order valence-corrected chi connectivity index (χ0v) is 9.46. The summed E-state index contributed by atoms with van der Waals surface area (Å²) in [6, 6.07) is 0.338. The van der Waals surface area contributed by atoms with E-state index in [1.165, 1.54) is 25.7 Å². The van der Waals surface area contributed by atoms with Gasteiger partial charge in [0.15, 0.2) is 0 Å². The van der Waals surface area contributed by atoms with Gasteiger partial charge in [-0.05, 0) is 18.8 Å². The fourth-order valence-corrected chi connectivity index (χ4v) is 2.18. The van der Waals surface area contributed by atoms with Gasteiger partial charge in [-0.25, -0.2) is 0 Å². The minimum Gasteiger partial charge on any atom is -0.380 e.